The van der Waals surface area contributed by atoms with Gasteiger partial charge in [0.15, 0.2) is 6.04 Å². The van der Waals surface area contributed by atoms with E-state index in [1.165, 1.54) is 6.92 Å². The molecule has 0 aliphatic carbocycles. The highest BCUT2D eigenvalue weighted by molar-refractivity contribution is 5.83. The number of aliphatic hydroxyl groups excluding tert-OH is 1. The van der Waals surface area contributed by atoms with Crippen LogP contribution in [-0.4, -0.2) is 52.3 Å². The monoisotopic (exact) mass is 258 g/mol. The molecule has 6 heteroatoms. The third kappa shape index (κ3) is 3.87. The number of nitrogens with one attached hydrogen (secondary N) is 1. The number of aliphatic carboxylic acids is 1. The first-order valence-corrected chi connectivity index (χ1v) is 6.27. The molecule has 4 atom stereocenters. The van der Waals surface area contributed by atoms with Crippen molar-refractivity contribution in [3.63, 3.8) is 0 Å². The molecule has 1 fully saturated rings. The number of hydrogen-bond donors (Lipinski definition) is 3. The lowest BCUT2D eigenvalue weighted by Gasteiger charge is -2.35. The Balaban J connectivity index is 2.61. The average Bonchev–Trinajstić information content (AvgIpc) is 2.23. The molecular weight excluding hydrogens is 236 g/mol. The fourth-order valence-electron chi connectivity index (χ4n) is 2.44. The van der Waals surface area contributed by atoms with Gasteiger partial charge in [-0.1, -0.05) is 13.8 Å². The standard InChI is InChI=1S/C12H22N2O4/c1-7-4-8(2)6-14(5-7)12(18)13-10(9(3)15)11(16)17/h7-10,15H,4-6H2,1-3H3,(H,13,18)(H,16,17)/t7?,8?,9-,10+/m1/s1. The Bertz CT molecular complexity index is 309. The van der Waals surface area contributed by atoms with Crippen molar-refractivity contribution in [3.05, 3.63) is 0 Å². The van der Waals surface area contributed by atoms with Crippen molar-refractivity contribution >= 4 is 12.0 Å². The van der Waals surface area contributed by atoms with E-state index in [1.807, 2.05) is 0 Å². The van der Waals surface area contributed by atoms with Crippen LogP contribution in [0.1, 0.15) is 27.2 Å². The maximum Gasteiger partial charge on any atom is 0.328 e. The zero-order chi connectivity index (χ0) is 13.9. The first-order valence-electron chi connectivity index (χ1n) is 6.27. The van der Waals surface area contributed by atoms with Crippen LogP contribution in [-0.2, 0) is 4.79 Å². The first-order chi connectivity index (χ1) is 8.31. The molecule has 1 aliphatic rings. The second kappa shape index (κ2) is 6.04. The van der Waals surface area contributed by atoms with E-state index in [2.05, 4.69) is 19.2 Å². The number of piperidine rings is 1. The molecular formula is C12H22N2O4. The number of hydrogen-bond acceptors (Lipinski definition) is 3. The maximum absolute atomic E-state index is 11.9. The highest BCUT2D eigenvalue weighted by Crippen LogP contribution is 2.20. The van der Waals surface area contributed by atoms with Crippen LogP contribution in [0, 0.1) is 11.8 Å². The van der Waals surface area contributed by atoms with Gasteiger partial charge in [-0.2, -0.15) is 0 Å². The summed E-state index contributed by atoms with van der Waals surface area (Å²) in [5.74, 6) is -0.403. The predicted molar refractivity (Wildman–Crippen MR) is 66.2 cm³/mol. The number of carboxylic acids is 1. The molecule has 1 aliphatic heterocycles. The minimum atomic E-state index is -1.26. The lowest BCUT2D eigenvalue weighted by Crippen LogP contribution is -2.54. The van der Waals surface area contributed by atoms with Crippen LogP contribution in [0.15, 0.2) is 0 Å². The number of amides is 2. The Morgan fingerprint density at radius 2 is 1.78 bits per heavy atom. The fourth-order valence-corrected chi connectivity index (χ4v) is 2.44. The summed E-state index contributed by atoms with van der Waals surface area (Å²) in [6.07, 6.45) is -0.0474. The van der Waals surface area contributed by atoms with Gasteiger partial charge in [0.2, 0.25) is 0 Å². The lowest BCUT2D eigenvalue weighted by molar-refractivity contribution is -0.141. The Morgan fingerprint density at radius 3 is 2.17 bits per heavy atom. The minimum Gasteiger partial charge on any atom is -0.480 e. The summed E-state index contributed by atoms with van der Waals surface area (Å²) in [7, 11) is 0. The maximum atomic E-state index is 11.9. The summed E-state index contributed by atoms with van der Waals surface area (Å²) in [5, 5.41) is 20.6. The topological polar surface area (TPSA) is 89.9 Å². The minimum absolute atomic E-state index is 0.411. The number of carbonyl (C=O) groups excluding carboxylic acids is 1. The van der Waals surface area contributed by atoms with Gasteiger partial charge in [0.05, 0.1) is 6.10 Å². The van der Waals surface area contributed by atoms with Crippen molar-refractivity contribution in [1.82, 2.24) is 10.2 Å². The van der Waals surface area contributed by atoms with Crippen LogP contribution in [0.2, 0.25) is 0 Å². The van der Waals surface area contributed by atoms with Gasteiger partial charge in [0, 0.05) is 13.1 Å². The summed E-state index contributed by atoms with van der Waals surface area (Å²) in [6, 6.07) is -1.67. The summed E-state index contributed by atoms with van der Waals surface area (Å²) >= 11 is 0. The van der Waals surface area contributed by atoms with E-state index in [0.717, 1.165) is 6.42 Å². The van der Waals surface area contributed by atoms with Gasteiger partial charge < -0.3 is 20.4 Å². The fraction of sp³-hybridized carbons (Fsp3) is 0.833. The zero-order valence-corrected chi connectivity index (χ0v) is 11.1. The van der Waals surface area contributed by atoms with Crippen molar-refractivity contribution in [2.75, 3.05) is 13.1 Å². The molecule has 0 spiro atoms. The molecule has 0 bridgehead atoms. The van der Waals surface area contributed by atoms with Gasteiger partial charge in [-0.3, -0.25) is 0 Å². The molecule has 0 aromatic rings. The molecule has 1 rings (SSSR count). The van der Waals surface area contributed by atoms with Crippen LogP contribution in [0.4, 0.5) is 4.79 Å². The van der Waals surface area contributed by atoms with Crippen LogP contribution in [0.25, 0.3) is 0 Å². The van der Waals surface area contributed by atoms with Crippen molar-refractivity contribution in [2.24, 2.45) is 11.8 Å². The third-order valence-electron chi connectivity index (χ3n) is 3.18. The highest BCUT2D eigenvalue weighted by atomic mass is 16.4. The quantitative estimate of drug-likeness (QED) is 0.688. The summed E-state index contributed by atoms with van der Waals surface area (Å²) in [5.41, 5.74) is 0. The lowest BCUT2D eigenvalue weighted by atomic mass is 9.92. The van der Waals surface area contributed by atoms with Crippen LogP contribution >= 0.6 is 0 Å². The van der Waals surface area contributed by atoms with Crippen molar-refractivity contribution in [2.45, 2.75) is 39.3 Å². The summed E-state index contributed by atoms with van der Waals surface area (Å²) in [4.78, 5) is 24.5. The van der Waals surface area contributed by atoms with Crippen LogP contribution < -0.4 is 5.32 Å². The van der Waals surface area contributed by atoms with E-state index < -0.39 is 24.1 Å². The average molecular weight is 258 g/mol. The van der Waals surface area contributed by atoms with Gasteiger partial charge in [-0.15, -0.1) is 0 Å². The van der Waals surface area contributed by atoms with Gasteiger partial charge >= 0.3 is 12.0 Å². The van der Waals surface area contributed by atoms with Crippen LogP contribution in [0.3, 0.4) is 0 Å². The molecule has 0 radical (unpaired) electrons. The van der Waals surface area contributed by atoms with E-state index in [0.29, 0.717) is 24.9 Å². The number of urea groups is 1. The number of aliphatic hydroxyl groups is 1. The Hall–Kier alpha value is -1.30. The number of carbonyl (C=O) groups is 2. The molecule has 1 heterocycles. The molecule has 2 amide bonds. The number of nitrogens with zero attached hydrogens (tertiary/aromatic N) is 1. The molecule has 3 N–H and O–H groups in total. The van der Waals surface area contributed by atoms with Crippen molar-refractivity contribution < 1.29 is 19.8 Å². The largest absolute Gasteiger partial charge is 0.480 e. The van der Waals surface area contributed by atoms with E-state index in [9.17, 15) is 14.7 Å². The third-order valence-corrected chi connectivity index (χ3v) is 3.18. The SMILES string of the molecule is CC1CC(C)CN(C(=O)N[C@H](C(=O)O)[C@@H](C)O)C1. The Kier molecular flexibility index (Phi) is 4.95. The molecule has 18 heavy (non-hydrogen) atoms. The van der Waals surface area contributed by atoms with Crippen molar-refractivity contribution in [3.8, 4) is 0 Å². The molecule has 0 aromatic carbocycles. The summed E-state index contributed by atoms with van der Waals surface area (Å²) < 4.78 is 0. The molecule has 0 aromatic heterocycles. The van der Waals surface area contributed by atoms with Crippen molar-refractivity contribution in [1.29, 1.82) is 0 Å². The van der Waals surface area contributed by atoms with Gasteiger partial charge in [-0.05, 0) is 25.2 Å². The molecule has 6 nitrogen and oxygen atoms in total. The Labute approximate surface area is 107 Å². The molecule has 104 valence electrons. The Morgan fingerprint density at radius 1 is 1.28 bits per heavy atom. The first kappa shape index (κ1) is 14.8. The van der Waals surface area contributed by atoms with Gasteiger partial charge in [-0.25, -0.2) is 9.59 Å². The molecule has 2 unspecified atom stereocenters. The summed E-state index contributed by atoms with van der Waals surface area (Å²) in [6.45, 7) is 6.74. The second-order valence-electron chi connectivity index (χ2n) is 5.36. The van der Waals surface area contributed by atoms with E-state index in [4.69, 9.17) is 5.11 Å². The van der Waals surface area contributed by atoms with E-state index in [-0.39, 0.29) is 0 Å². The van der Waals surface area contributed by atoms with E-state index in [1.54, 1.807) is 4.90 Å². The number of carboxylic acid groups (broad SMARTS) is 1. The van der Waals surface area contributed by atoms with Gasteiger partial charge in [0.25, 0.3) is 0 Å². The smallest absolute Gasteiger partial charge is 0.328 e. The predicted octanol–water partition coefficient (Wildman–Crippen LogP) is 0.508. The van der Waals surface area contributed by atoms with Crippen LogP contribution in [0.5, 0.6) is 0 Å². The molecule has 0 saturated carbocycles. The normalized spacial score (nSPS) is 27.4. The molecule has 1 saturated heterocycles. The second-order valence-corrected chi connectivity index (χ2v) is 5.36. The van der Waals surface area contributed by atoms with Gasteiger partial charge in [0.1, 0.15) is 0 Å². The number of rotatable bonds is 3. The highest BCUT2D eigenvalue weighted by Gasteiger charge is 2.30. The van der Waals surface area contributed by atoms with E-state index >= 15 is 0 Å². The number of likely N-dealkylation sites (tertiary alicyclic amines) is 1. The zero-order valence-electron chi connectivity index (χ0n) is 11.1.